The molecule has 1 aliphatic carbocycles. The first-order valence-electron chi connectivity index (χ1n) is 7.66. The number of nitrogens with one attached hydrogen (secondary N) is 2. The molecule has 1 saturated carbocycles. The molecule has 0 saturated heterocycles. The summed E-state index contributed by atoms with van der Waals surface area (Å²) in [5.41, 5.74) is 2.80. The summed E-state index contributed by atoms with van der Waals surface area (Å²) in [5.74, 6) is 1.54. The van der Waals surface area contributed by atoms with Gasteiger partial charge in [0.2, 0.25) is 0 Å². The minimum Gasteiger partial charge on any atom is -0.387 e. The van der Waals surface area contributed by atoms with Gasteiger partial charge in [-0.25, -0.2) is 0 Å². The summed E-state index contributed by atoms with van der Waals surface area (Å²) in [6, 6.07) is 5.90. The molecule has 110 valence electrons. The molecule has 0 spiro atoms. The van der Waals surface area contributed by atoms with Crippen molar-refractivity contribution in [3.8, 4) is 0 Å². The molecule has 0 heterocycles. The van der Waals surface area contributed by atoms with Crippen LogP contribution in [0.3, 0.4) is 0 Å². The van der Waals surface area contributed by atoms with E-state index < -0.39 is 0 Å². The zero-order valence-electron chi connectivity index (χ0n) is 12.8. The highest BCUT2D eigenvalue weighted by Gasteiger charge is 2.19. The molecule has 0 radical (unpaired) electrons. The number of amides is 1. The van der Waals surface area contributed by atoms with Crippen molar-refractivity contribution in [1.82, 2.24) is 5.32 Å². The molecule has 2 N–H and O–H groups in total. The number of aryl methyl sites for hydroxylation is 1. The van der Waals surface area contributed by atoms with Gasteiger partial charge in [-0.2, -0.15) is 0 Å². The Hall–Kier alpha value is -1.51. The lowest BCUT2D eigenvalue weighted by molar-refractivity contribution is 0.0942. The van der Waals surface area contributed by atoms with E-state index in [9.17, 15) is 4.79 Å². The van der Waals surface area contributed by atoms with Gasteiger partial charge in [-0.05, 0) is 49.3 Å². The summed E-state index contributed by atoms with van der Waals surface area (Å²) in [6.07, 6.45) is 5.09. The summed E-state index contributed by atoms with van der Waals surface area (Å²) in [5, 5.41) is 6.20. The Kier molecular flexibility index (Phi) is 5.05. The molecule has 1 amide bonds. The van der Waals surface area contributed by atoms with Crippen LogP contribution >= 0.6 is 0 Å². The third-order valence-electron chi connectivity index (χ3n) is 4.38. The molecule has 1 aliphatic rings. The number of hydrogen-bond donors (Lipinski definition) is 2. The number of carbonyl (C=O) groups excluding carboxylic acids is 1. The van der Waals surface area contributed by atoms with Gasteiger partial charge < -0.3 is 10.6 Å². The molecule has 0 atom stereocenters. The monoisotopic (exact) mass is 274 g/mol. The van der Waals surface area contributed by atoms with Crippen molar-refractivity contribution < 1.29 is 4.79 Å². The summed E-state index contributed by atoms with van der Waals surface area (Å²) in [6.45, 7) is 5.16. The third-order valence-corrected chi connectivity index (χ3v) is 4.38. The van der Waals surface area contributed by atoms with Gasteiger partial charge in [0.1, 0.15) is 0 Å². The largest absolute Gasteiger partial charge is 0.387 e. The molecule has 3 heteroatoms. The Morgan fingerprint density at radius 3 is 2.60 bits per heavy atom. The van der Waals surface area contributed by atoms with Gasteiger partial charge in [-0.1, -0.05) is 25.8 Å². The van der Waals surface area contributed by atoms with E-state index in [0.29, 0.717) is 5.92 Å². The van der Waals surface area contributed by atoms with Crippen molar-refractivity contribution in [2.45, 2.75) is 39.5 Å². The number of anilines is 1. The number of rotatable bonds is 4. The predicted molar refractivity (Wildman–Crippen MR) is 84.2 cm³/mol. The van der Waals surface area contributed by atoms with Crippen molar-refractivity contribution in [3.63, 3.8) is 0 Å². The molecular weight excluding hydrogens is 248 g/mol. The highest BCUT2D eigenvalue weighted by molar-refractivity contribution is 5.99. The number of carbonyl (C=O) groups is 1. The lowest BCUT2D eigenvalue weighted by Crippen LogP contribution is -2.31. The Labute approximate surface area is 122 Å². The fourth-order valence-electron chi connectivity index (χ4n) is 2.93. The van der Waals surface area contributed by atoms with E-state index >= 15 is 0 Å². The first kappa shape index (κ1) is 14.9. The fourth-order valence-corrected chi connectivity index (χ4v) is 2.93. The van der Waals surface area contributed by atoms with Crippen molar-refractivity contribution in [2.75, 3.05) is 18.9 Å². The zero-order chi connectivity index (χ0) is 14.5. The molecule has 0 unspecified atom stereocenters. The van der Waals surface area contributed by atoms with Crippen LogP contribution in [0.2, 0.25) is 0 Å². The van der Waals surface area contributed by atoms with Gasteiger partial charge >= 0.3 is 0 Å². The molecule has 3 nitrogen and oxygen atoms in total. The summed E-state index contributed by atoms with van der Waals surface area (Å²) in [7, 11) is 1.86. The Bertz CT molecular complexity index is 462. The first-order chi connectivity index (χ1) is 9.60. The number of benzene rings is 1. The maximum Gasteiger partial charge on any atom is 0.253 e. The van der Waals surface area contributed by atoms with Crippen molar-refractivity contribution >= 4 is 11.6 Å². The Morgan fingerprint density at radius 1 is 1.25 bits per heavy atom. The van der Waals surface area contributed by atoms with Crippen LogP contribution in [-0.2, 0) is 0 Å². The van der Waals surface area contributed by atoms with Crippen LogP contribution in [0.15, 0.2) is 18.2 Å². The minimum atomic E-state index is 0.0352. The van der Waals surface area contributed by atoms with Gasteiger partial charge in [0.15, 0.2) is 0 Å². The standard InChI is InChI=1S/C17H26N2O/c1-12-4-7-14(8-5-12)11-19-17(20)15-9-6-13(2)10-16(15)18-3/h6,9-10,12,14,18H,4-5,7-8,11H2,1-3H3,(H,19,20). The Morgan fingerprint density at radius 2 is 1.95 bits per heavy atom. The second kappa shape index (κ2) is 6.78. The van der Waals surface area contributed by atoms with Crippen LogP contribution in [0.4, 0.5) is 5.69 Å². The highest BCUT2D eigenvalue weighted by Crippen LogP contribution is 2.27. The SMILES string of the molecule is CNc1cc(C)ccc1C(=O)NCC1CCC(C)CC1. The maximum absolute atomic E-state index is 12.3. The lowest BCUT2D eigenvalue weighted by atomic mass is 9.83. The van der Waals surface area contributed by atoms with Crippen LogP contribution in [0.25, 0.3) is 0 Å². The van der Waals surface area contributed by atoms with Crippen LogP contribution in [0, 0.1) is 18.8 Å². The van der Waals surface area contributed by atoms with Gasteiger partial charge in [0, 0.05) is 19.3 Å². The van der Waals surface area contributed by atoms with E-state index in [-0.39, 0.29) is 5.91 Å². The highest BCUT2D eigenvalue weighted by atomic mass is 16.1. The van der Waals surface area contributed by atoms with Gasteiger partial charge in [-0.3, -0.25) is 4.79 Å². The second-order valence-corrected chi connectivity index (χ2v) is 6.13. The third kappa shape index (κ3) is 3.75. The Balaban J connectivity index is 1.92. The molecule has 0 bridgehead atoms. The van der Waals surface area contributed by atoms with Crippen LogP contribution < -0.4 is 10.6 Å². The average Bonchev–Trinajstić information content (AvgIpc) is 2.46. The van der Waals surface area contributed by atoms with Crippen molar-refractivity contribution in [2.24, 2.45) is 11.8 Å². The quantitative estimate of drug-likeness (QED) is 0.881. The molecule has 1 fully saturated rings. The maximum atomic E-state index is 12.3. The lowest BCUT2D eigenvalue weighted by Gasteiger charge is -2.26. The van der Waals surface area contributed by atoms with E-state index in [2.05, 4.69) is 17.6 Å². The molecule has 2 rings (SSSR count). The molecule has 20 heavy (non-hydrogen) atoms. The topological polar surface area (TPSA) is 41.1 Å². The molecule has 1 aromatic rings. The normalized spacial score (nSPS) is 22.4. The summed E-state index contributed by atoms with van der Waals surface area (Å²) >= 11 is 0. The van der Waals surface area contributed by atoms with E-state index in [1.54, 1.807) is 0 Å². The fraction of sp³-hybridized carbons (Fsp3) is 0.588. The van der Waals surface area contributed by atoms with Crippen LogP contribution in [0.5, 0.6) is 0 Å². The smallest absolute Gasteiger partial charge is 0.253 e. The summed E-state index contributed by atoms with van der Waals surface area (Å²) in [4.78, 5) is 12.3. The summed E-state index contributed by atoms with van der Waals surface area (Å²) < 4.78 is 0. The molecule has 0 aromatic heterocycles. The van der Waals surface area contributed by atoms with Crippen molar-refractivity contribution in [3.05, 3.63) is 29.3 Å². The molecule has 0 aliphatic heterocycles. The molecule has 1 aromatic carbocycles. The first-order valence-corrected chi connectivity index (χ1v) is 7.66. The van der Waals surface area contributed by atoms with Gasteiger partial charge in [0.25, 0.3) is 5.91 Å². The van der Waals surface area contributed by atoms with E-state index in [0.717, 1.165) is 29.3 Å². The number of hydrogen-bond acceptors (Lipinski definition) is 2. The van der Waals surface area contributed by atoms with Crippen LogP contribution in [0.1, 0.15) is 48.5 Å². The minimum absolute atomic E-state index is 0.0352. The van der Waals surface area contributed by atoms with Crippen molar-refractivity contribution in [1.29, 1.82) is 0 Å². The zero-order valence-corrected chi connectivity index (χ0v) is 12.8. The van der Waals surface area contributed by atoms with E-state index in [1.165, 1.54) is 25.7 Å². The van der Waals surface area contributed by atoms with E-state index in [4.69, 9.17) is 0 Å². The van der Waals surface area contributed by atoms with Crippen LogP contribution in [-0.4, -0.2) is 19.5 Å². The average molecular weight is 274 g/mol. The predicted octanol–water partition coefficient (Wildman–Crippen LogP) is 3.59. The van der Waals surface area contributed by atoms with Gasteiger partial charge in [0.05, 0.1) is 5.56 Å². The van der Waals surface area contributed by atoms with Gasteiger partial charge in [-0.15, -0.1) is 0 Å². The second-order valence-electron chi connectivity index (χ2n) is 6.13. The van der Waals surface area contributed by atoms with E-state index in [1.807, 2.05) is 32.2 Å². The molecular formula is C17H26N2O.